The molecule has 108 valence electrons. The van der Waals surface area contributed by atoms with Crippen molar-refractivity contribution in [1.29, 1.82) is 0 Å². The predicted molar refractivity (Wildman–Crippen MR) is 84.6 cm³/mol. The van der Waals surface area contributed by atoms with Crippen LogP contribution >= 0.6 is 0 Å². The van der Waals surface area contributed by atoms with Crippen LogP contribution in [0.1, 0.15) is 50.8 Å². The molecule has 0 aliphatic carbocycles. The van der Waals surface area contributed by atoms with E-state index in [1.165, 1.54) is 11.1 Å². The molecule has 1 aromatic rings. The van der Waals surface area contributed by atoms with Crippen molar-refractivity contribution in [2.24, 2.45) is 0 Å². The van der Waals surface area contributed by atoms with Crippen molar-refractivity contribution in [2.75, 3.05) is 20.6 Å². The van der Waals surface area contributed by atoms with Crippen LogP contribution in [0, 0.1) is 6.92 Å². The van der Waals surface area contributed by atoms with E-state index in [1.807, 2.05) is 0 Å². The lowest BCUT2D eigenvalue weighted by Gasteiger charge is -2.46. The molecule has 2 heteroatoms. The molecule has 1 rings (SSSR count). The molecular formula is C17H30N2. The summed E-state index contributed by atoms with van der Waals surface area (Å²) in [5.41, 5.74) is 2.91. The van der Waals surface area contributed by atoms with Gasteiger partial charge in [-0.25, -0.2) is 0 Å². The van der Waals surface area contributed by atoms with Gasteiger partial charge >= 0.3 is 0 Å². The van der Waals surface area contributed by atoms with Crippen LogP contribution in [0.2, 0.25) is 0 Å². The second kappa shape index (κ2) is 7.06. The highest BCUT2D eigenvalue weighted by Crippen LogP contribution is 2.36. The Bertz CT molecular complexity index is 381. The first-order valence-electron chi connectivity index (χ1n) is 7.49. The lowest BCUT2D eigenvalue weighted by molar-refractivity contribution is 0.0889. The second-order valence-electron chi connectivity index (χ2n) is 5.61. The molecule has 0 heterocycles. The van der Waals surface area contributed by atoms with Gasteiger partial charge in [0.15, 0.2) is 0 Å². The van der Waals surface area contributed by atoms with Gasteiger partial charge in [-0.05, 0) is 46.0 Å². The van der Waals surface area contributed by atoms with Crippen LogP contribution < -0.4 is 5.32 Å². The van der Waals surface area contributed by atoms with Crippen LogP contribution in [0.15, 0.2) is 24.3 Å². The first-order chi connectivity index (χ1) is 9.01. The van der Waals surface area contributed by atoms with E-state index in [0.717, 1.165) is 19.4 Å². The Morgan fingerprint density at radius 1 is 1.16 bits per heavy atom. The average molecular weight is 262 g/mol. The largest absolute Gasteiger partial charge is 0.309 e. The minimum Gasteiger partial charge on any atom is -0.309 e. The highest BCUT2D eigenvalue weighted by atomic mass is 15.2. The summed E-state index contributed by atoms with van der Waals surface area (Å²) >= 11 is 0. The number of nitrogens with zero attached hydrogens (tertiary/aromatic N) is 1. The fourth-order valence-electron chi connectivity index (χ4n) is 3.22. The minimum atomic E-state index is 0.170. The summed E-state index contributed by atoms with van der Waals surface area (Å²) in [5, 5.41) is 3.71. The third-order valence-electron chi connectivity index (χ3n) is 4.44. The average Bonchev–Trinajstić information content (AvgIpc) is 2.39. The fourth-order valence-corrected chi connectivity index (χ4v) is 3.22. The maximum atomic E-state index is 3.71. The van der Waals surface area contributed by atoms with Gasteiger partial charge in [0, 0.05) is 5.54 Å². The minimum absolute atomic E-state index is 0.170. The monoisotopic (exact) mass is 262 g/mol. The molecule has 0 spiro atoms. The normalized spacial score (nSPS) is 13.8. The molecule has 0 saturated heterocycles. The van der Waals surface area contributed by atoms with Crippen molar-refractivity contribution < 1.29 is 0 Å². The smallest absolute Gasteiger partial charge is 0.0506 e. The fraction of sp³-hybridized carbons (Fsp3) is 0.647. The lowest BCUT2D eigenvalue weighted by Crippen LogP contribution is -2.53. The third-order valence-corrected chi connectivity index (χ3v) is 4.44. The molecule has 1 unspecified atom stereocenters. The van der Waals surface area contributed by atoms with E-state index >= 15 is 0 Å². The molecule has 0 bridgehead atoms. The highest BCUT2D eigenvalue weighted by molar-refractivity contribution is 5.28. The molecule has 2 nitrogen and oxygen atoms in total. The number of rotatable bonds is 7. The van der Waals surface area contributed by atoms with Gasteiger partial charge in [-0.2, -0.15) is 0 Å². The number of aryl methyl sites for hydroxylation is 1. The molecule has 0 amide bonds. The molecule has 0 fully saturated rings. The molecular weight excluding hydrogens is 232 g/mol. The zero-order valence-corrected chi connectivity index (χ0v) is 13.5. The van der Waals surface area contributed by atoms with E-state index in [-0.39, 0.29) is 5.54 Å². The summed E-state index contributed by atoms with van der Waals surface area (Å²) in [4.78, 5) is 2.39. The molecule has 0 radical (unpaired) electrons. The number of nitrogens with one attached hydrogen (secondary N) is 1. The summed E-state index contributed by atoms with van der Waals surface area (Å²) < 4.78 is 0. The summed E-state index contributed by atoms with van der Waals surface area (Å²) in [5.74, 6) is 0. The molecule has 19 heavy (non-hydrogen) atoms. The van der Waals surface area contributed by atoms with Gasteiger partial charge in [0.2, 0.25) is 0 Å². The van der Waals surface area contributed by atoms with Crippen LogP contribution in [0.25, 0.3) is 0 Å². The quantitative estimate of drug-likeness (QED) is 0.805. The zero-order chi connectivity index (χ0) is 14.5. The number of likely N-dealkylation sites (N-methyl/N-ethyl adjacent to an activating group) is 2. The number of hydrogen-bond acceptors (Lipinski definition) is 2. The molecule has 0 aliphatic rings. The van der Waals surface area contributed by atoms with Gasteiger partial charge in [0.25, 0.3) is 0 Å². The summed E-state index contributed by atoms with van der Waals surface area (Å²) in [6.07, 6.45) is 2.28. The van der Waals surface area contributed by atoms with E-state index in [0.29, 0.717) is 6.04 Å². The van der Waals surface area contributed by atoms with E-state index in [9.17, 15) is 0 Å². The molecule has 0 aliphatic heterocycles. The van der Waals surface area contributed by atoms with Crippen LogP contribution in [-0.4, -0.2) is 31.1 Å². The van der Waals surface area contributed by atoms with Gasteiger partial charge in [-0.1, -0.05) is 50.6 Å². The molecule has 0 aromatic heterocycles. The Morgan fingerprint density at radius 3 is 2.21 bits per heavy atom. The Balaban J connectivity index is 3.24. The Morgan fingerprint density at radius 2 is 1.79 bits per heavy atom. The van der Waals surface area contributed by atoms with Crippen molar-refractivity contribution in [1.82, 2.24) is 10.2 Å². The van der Waals surface area contributed by atoms with Gasteiger partial charge in [0.1, 0.15) is 0 Å². The Kier molecular flexibility index (Phi) is 6.02. The van der Waals surface area contributed by atoms with E-state index in [4.69, 9.17) is 0 Å². The first kappa shape index (κ1) is 16.2. The topological polar surface area (TPSA) is 15.3 Å². The van der Waals surface area contributed by atoms with Crippen molar-refractivity contribution in [3.8, 4) is 0 Å². The van der Waals surface area contributed by atoms with Crippen molar-refractivity contribution >= 4 is 0 Å². The summed E-state index contributed by atoms with van der Waals surface area (Å²) in [6.45, 7) is 9.94. The van der Waals surface area contributed by atoms with Crippen molar-refractivity contribution in [3.63, 3.8) is 0 Å². The van der Waals surface area contributed by atoms with E-state index < -0.39 is 0 Å². The SMILES string of the molecule is CCNC(c1cccc(C)c1)C(CC)(CC)N(C)C. The molecule has 0 saturated carbocycles. The zero-order valence-electron chi connectivity index (χ0n) is 13.5. The van der Waals surface area contributed by atoms with Crippen molar-refractivity contribution in [2.45, 2.75) is 52.1 Å². The van der Waals surface area contributed by atoms with Gasteiger partial charge in [-0.3, -0.25) is 0 Å². The van der Waals surface area contributed by atoms with E-state index in [2.05, 4.69) is 76.3 Å². The molecule has 1 aromatic carbocycles. The van der Waals surface area contributed by atoms with E-state index in [1.54, 1.807) is 0 Å². The van der Waals surface area contributed by atoms with Crippen LogP contribution in [0.4, 0.5) is 0 Å². The maximum absolute atomic E-state index is 3.71. The first-order valence-corrected chi connectivity index (χ1v) is 7.49. The van der Waals surface area contributed by atoms with Crippen LogP contribution in [-0.2, 0) is 0 Å². The van der Waals surface area contributed by atoms with Crippen LogP contribution in [0.3, 0.4) is 0 Å². The number of hydrogen-bond donors (Lipinski definition) is 1. The molecule has 1 N–H and O–H groups in total. The summed E-state index contributed by atoms with van der Waals surface area (Å²) in [7, 11) is 4.40. The van der Waals surface area contributed by atoms with Crippen molar-refractivity contribution in [3.05, 3.63) is 35.4 Å². The van der Waals surface area contributed by atoms with Gasteiger partial charge < -0.3 is 10.2 Å². The Hall–Kier alpha value is -0.860. The maximum Gasteiger partial charge on any atom is 0.0506 e. The standard InChI is InChI=1S/C17H30N2/c1-7-17(8-2,19(5)6)16(18-9-3)15-12-10-11-14(4)13-15/h10-13,16,18H,7-9H2,1-6H3. The Labute approximate surface area is 119 Å². The van der Waals surface area contributed by atoms with Crippen LogP contribution in [0.5, 0.6) is 0 Å². The molecule has 1 atom stereocenters. The third kappa shape index (κ3) is 3.37. The lowest BCUT2D eigenvalue weighted by atomic mass is 9.79. The highest BCUT2D eigenvalue weighted by Gasteiger charge is 2.38. The number of benzene rings is 1. The van der Waals surface area contributed by atoms with Gasteiger partial charge in [0.05, 0.1) is 6.04 Å². The van der Waals surface area contributed by atoms with Gasteiger partial charge in [-0.15, -0.1) is 0 Å². The summed E-state index contributed by atoms with van der Waals surface area (Å²) in [6, 6.07) is 9.28. The predicted octanol–water partition coefficient (Wildman–Crippen LogP) is 3.77. The second-order valence-corrected chi connectivity index (χ2v) is 5.61.